The van der Waals surface area contributed by atoms with Crippen LogP contribution < -0.4 is 5.32 Å². The number of rotatable bonds is 2. The van der Waals surface area contributed by atoms with E-state index in [-0.39, 0.29) is 10.6 Å². The molecule has 5 heteroatoms. The average Bonchev–Trinajstić information content (AvgIpc) is 2.34. The number of anilines is 1. The molecule has 98 valence electrons. The van der Waals surface area contributed by atoms with E-state index in [9.17, 15) is 9.18 Å². The van der Waals surface area contributed by atoms with Gasteiger partial charge in [-0.3, -0.25) is 4.79 Å². The third kappa shape index (κ3) is 3.06. The maximum Gasteiger partial charge on any atom is 0.258 e. The molecule has 1 N–H and O–H groups in total. The van der Waals surface area contributed by atoms with Crippen LogP contribution in [0.2, 0.25) is 10.0 Å². The Hall–Kier alpha value is -1.58. The van der Waals surface area contributed by atoms with Crippen molar-refractivity contribution in [3.8, 4) is 0 Å². The van der Waals surface area contributed by atoms with Crippen LogP contribution in [0, 0.1) is 12.7 Å². The molecule has 0 spiro atoms. The zero-order valence-electron chi connectivity index (χ0n) is 10.0. The van der Waals surface area contributed by atoms with E-state index in [1.165, 1.54) is 12.1 Å². The minimum absolute atomic E-state index is 0.0659. The Morgan fingerprint density at radius 2 is 1.95 bits per heavy atom. The SMILES string of the molecule is Cc1c(Cl)cccc1NC(=O)c1ccc(Cl)cc1F. The third-order valence-corrected chi connectivity index (χ3v) is 3.34. The van der Waals surface area contributed by atoms with E-state index in [0.29, 0.717) is 10.7 Å². The van der Waals surface area contributed by atoms with Gasteiger partial charge in [-0.1, -0.05) is 29.3 Å². The minimum Gasteiger partial charge on any atom is -0.322 e. The summed E-state index contributed by atoms with van der Waals surface area (Å²) in [5.41, 5.74) is 1.21. The van der Waals surface area contributed by atoms with Crippen molar-refractivity contribution in [3.05, 3.63) is 63.4 Å². The first kappa shape index (κ1) is 13.8. The van der Waals surface area contributed by atoms with Crippen LogP contribution in [-0.4, -0.2) is 5.91 Å². The minimum atomic E-state index is -0.662. The van der Waals surface area contributed by atoms with E-state index in [0.717, 1.165) is 11.6 Å². The van der Waals surface area contributed by atoms with Gasteiger partial charge in [0.25, 0.3) is 5.91 Å². The number of hydrogen-bond donors (Lipinski definition) is 1. The van der Waals surface area contributed by atoms with Crippen LogP contribution in [-0.2, 0) is 0 Å². The molecule has 0 aliphatic heterocycles. The van der Waals surface area contributed by atoms with Crippen LogP contribution in [0.4, 0.5) is 10.1 Å². The Morgan fingerprint density at radius 3 is 2.63 bits per heavy atom. The monoisotopic (exact) mass is 297 g/mol. The summed E-state index contributed by atoms with van der Waals surface area (Å²) < 4.78 is 13.6. The molecule has 0 aliphatic rings. The predicted octanol–water partition coefficient (Wildman–Crippen LogP) is 4.69. The highest BCUT2D eigenvalue weighted by Gasteiger charge is 2.13. The third-order valence-electron chi connectivity index (χ3n) is 2.69. The molecular formula is C14H10Cl2FNO. The molecule has 1 amide bonds. The molecule has 0 unspecified atom stereocenters. The highest BCUT2D eigenvalue weighted by atomic mass is 35.5. The van der Waals surface area contributed by atoms with Crippen molar-refractivity contribution in [2.24, 2.45) is 0 Å². The molecule has 0 radical (unpaired) electrons. The van der Waals surface area contributed by atoms with Crippen LogP contribution in [0.15, 0.2) is 36.4 Å². The molecule has 0 aliphatic carbocycles. The highest BCUT2D eigenvalue weighted by molar-refractivity contribution is 6.32. The van der Waals surface area contributed by atoms with Crippen molar-refractivity contribution in [2.75, 3.05) is 5.32 Å². The lowest BCUT2D eigenvalue weighted by Crippen LogP contribution is -2.14. The van der Waals surface area contributed by atoms with Gasteiger partial charge < -0.3 is 5.32 Å². The quantitative estimate of drug-likeness (QED) is 0.856. The van der Waals surface area contributed by atoms with Gasteiger partial charge in [0.1, 0.15) is 5.82 Å². The predicted molar refractivity (Wildman–Crippen MR) is 75.6 cm³/mol. The van der Waals surface area contributed by atoms with Crippen molar-refractivity contribution in [2.45, 2.75) is 6.92 Å². The number of benzene rings is 2. The molecule has 2 aromatic rings. The topological polar surface area (TPSA) is 29.1 Å². The summed E-state index contributed by atoms with van der Waals surface area (Å²) >= 11 is 11.6. The van der Waals surface area contributed by atoms with Gasteiger partial charge in [-0.25, -0.2) is 4.39 Å². The smallest absolute Gasteiger partial charge is 0.258 e. The van der Waals surface area contributed by atoms with Gasteiger partial charge in [0.05, 0.1) is 5.56 Å². The van der Waals surface area contributed by atoms with E-state index in [1.807, 2.05) is 0 Å². The van der Waals surface area contributed by atoms with E-state index in [4.69, 9.17) is 23.2 Å². The van der Waals surface area contributed by atoms with E-state index in [2.05, 4.69) is 5.32 Å². The summed E-state index contributed by atoms with van der Waals surface area (Å²) in [6.07, 6.45) is 0. The second-order valence-corrected chi connectivity index (χ2v) is 4.83. The van der Waals surface area contributed by atoms with Gasteiger partial charge in [0, 0.05) is 15.7 Å². The lowest BCUT2D eigenvalue weighted by Gasteiger charge is -2.10. The van der Waals surface area contributed by atoms with Crippen molar-refractivity contribution in [3.63, 3.8) is 0 Å². The first-order chi connectivity index (χ1) is 8.99. The van der Waals surface area contributed by atoms with E-state index >= 15 is 0 Å². The second-order valence-electron chi connectivity index (χ2n) is 3.99. The van der Waals surface area contributed by atoms with Crippen LogP contribution in [0.5, 0.6) is 0 Å². The molecule has 0 bridgehead atoms. The average molecular weight is 298 g/mol. The summed E-state index contributed by atoms with van der Waals surface area (Å²) in [6.45, 7) is 1.77. The van der Waals surface area contributed by atoms with Crippen molar-refractivity contribution < 1.29 is 9.18 Å². The second kappa shape index (κ2) is 5.59. The number of carbonyl (C=O) groups excluding carboxylic acids is 1. The first-order valence-corrected chi connectivity index (χ1v) is 6.26. The Balaban J connectivity index is 2.28. The highest BCUT2D eigenvalue weighted by Crippen LogP contribution is 2.24. The number of hydrogen-bond acceptors (Lipinski definition) is 1. The molecular weight excluding hydrogens is 288 g/mol. The largest absolute Gasteiger partial charge is 0.322 e. The maximum atomic E-state index is 13.6. The van der Waals surface area contributed by atoms with Crippen molar-refractivity contribution in [1.29, 1.82) is 0 Å². The fourth-order valence-electron chi connectivity index (χ4n) is 1.61. The fourth-order valence-corrected chi connectivity index (χ4v) is 1.94. The number of carbonyl (C=O) groups is 1. The van der Waals surface area contributed by atoms with Crippen molar-refractivity contribution in [1.82, 2.24) is 0 Å². The molecule has 0 aromatic heterocycles. The van der Waals surface area contributed by atoms with Gasteiger partial charge in [-0.15, -0.1) is 0 Å². The molecule has 0 atom stereocenters. The van der Waals surface area contributed by atoms with Crippen LogP contribution in [0.25, 0.3) is 0 Å². The number of halogens is 3. The molecule has 19 heavy (non-hydrogen) atoms. The van der Waals surface area contributed by atoms with E-state index < -0.39 is 11.7 Å². The van der Waals surface area contributed by atoms with Gasteiger partial charge in [0.15, 0.2) is 0 Å². The van der Waals surface area contributed by atoms with Crippen LogP contribution in [0.3, 0.4) is 0 Å². The number of nitrogens with one attached hydrogen (secondary N) is 1. The summed E-state index contributed by atoms with van der Waals surface area (Å²) in [5.74, 6) is -1.20. The lowest BCUT2D eigenvalue weighted by molar-refractivity contribution is 0.102. The molecule has 2 nitrogen and oxygen atoms in total. The Labute approximate surface area is 120 Å². The van der Waals surface area contributed by atoms with Crippen LogP contribution >= 0.6 is 23.2 Å². The van der Waals surface area contributed by atoms with Gasteiger partial charge >= 0.3 is 0 Å². The van der Waals surface area contributed by atoms with Gasteiger partial charge in [0.2, 0.25) is 0 Å². The van der Waals surface area contributed by atoms with Crippen molar-refractivity contribution >= 4 is 34.8 Å². The molecule has 2 rings (SSSR count). The zero-order valence-corrected chi connectivity index (χ0v) is 11.5. The van der Waals surface area contributed by atoms with E-state index in [1.54, 1.807) is 25.1 Å². The summed E-state index contributed by atoms with van der Waals surface area (Å²) in [5, 5.41) is 3.40. The van der Waals surface area contributed by atoms with Gasteiger partial charge in [-0.05, 0) is 42.8 Å². The van der Waals surface area contributed by atoms with Crippen LogP contribution in [0.1, 0.15) is 15.9 Å². The number of amides is 1. The maximum absolute atomic E-state index is 13.6. The normalized spacial score (nSPS) is 10.3. The summed E-state index contributed by atoms with van der Waals surface area (Å²) in [7, 11) is 0. The Kier molecular flexibility index (Phi) is 4.08. The zero-order chi connectivity index (χ0) is 14.0. The Morgan fingerprint density at radius 1 is 1.21 bits per heavy atom. The molecule has 0 fully saturated rings. The first-order valence-electron chi connectivity index (χ1n) is 5.50. The standard InChI is InChI=1S/C14H10Cl2FNO/c1-8-11(16)3-2-4-13(8)18-14(19)10-6-5-9(15)7-12(10)17/h2-7H,1H3,(H,18,19). The molecule has 0 heterocycles. The molecule has 0 saturated carbocycles. The summed E-state index contributed by atoms with van der Waals surface area (Å²) in [4.78, 5) is 12.0. The molecule has 0 saturated heterocycles. The fraction of sp³-hybridized carbons (Fsp3) is 0.0714. The lowest BCUT2D eigenvalue weighted by atomic mass is 10.1. The Bertz CT molecular complexity index is 643. The summed E-state index contributed by atoms with van der Waals surface area (Å²) in [6, 6.07) is 9.03. The molecule has 2 aromatic carbocycles. The van der Waals surface area contributed by atoms with Gasteiger partial charge in [-0.2, -0.15) is 0 Å².